The number of nitrogens with zero attached hydrogens (tertiary/aromatic N) is 2. The zero-order valence-electron chi connectivity index (χ0n) is 13.6. The monoisotopic (exact) mass is 315 g/mol. The molecule has 1 aliphatic heterocycles. The molecular weight excluding hydrogens is 294 g/mol. The Morgan fingerprint density at radius 3 is 2.96 bits per heavy atom. The van der Waals surface area contributed by atoms with E-state index in [0.29, 0.717) is 13.1 Å². The number of likely N-dealkylation sites (tertiary alicyclic amines) is 1. The third kappa shape index (κ3) is 3.02. The molecule has 3 rings (SSSR count). The number of rotatable bonds is 3. The number of carbonyl (C=O) groups excluding carboxylic acids is 1. The van der Waals surface area contributed by atoms with Crippen molar-refractivity contribution in [2.75, 3.05) is 32.6 Å². The van der Waals surface area contributed by atoms with Crippen LogP contribution in [-0.4, -0.2) is 49.3 Å². The number of carbonyl (C=O) groups is 1. The maximum absolute atomic E-state index is 11.6. The molecule has 1 unspecified atom stereocenters. The summed E-state index contributed by atoms with van der Waals surface area (Å²) in [6.45, 7) is 3.31. The Hall–Kier alpha value is -2.50. The number of hydrogen-bond donors (Lipinski definition) is 1. The van der Waals surface area contributed by atoms with E-state index in [4.69, 9.17) is 9.47 Å². The number of para-hydroxylation sites is 1. The summed E-state index contributed by atoms with van der Waals surface area (Å²) in [6.07, 6.45) is 0.619. The van der Waals surface area contributed by atoms with Gasteiger partial charge in [-0.3, -0.25) is 0 Å². The number of amides is 1. The molecule has 0 radical (unpaired) electrons. The van der Waals surface area contributed by atoms with Gasteiger partial charge in [-0.25, -0.2) is 9.78 Å². The first kappa shape index (κ1) is 15.4. The van der Waals surface area contributed by atoms with Gasteiger partial charge in [0.15, 0.2) is 0 Å². The van der Waals surface area contributed by atoms with Crippen molar-refractivity contribution in [2.45, 2.75) is 19.4 Å². The standard InChI is InChI=1S/C17H21N3O3/c1-11-9-14(13-5-4-6-15(22-2)16(13)18-11)19-12-7-8-20(10-12)17(21)23-3/h4-6,9,12H,7-8,10H2,1-3H3,(H,18,19). The molecular formula is C17H21N3O3. The summed E-state index contributed by atoms with van der Waals surface area (Å²) in [5, 5.41) is 4.56. The summed E-state index contributed by atoms with van der Waals surface area (Å²) in [4.78, 5) is 17.9. The largest absolute Gasteiger partial charge is 0.494 e. The number of fused-ring (bicyclic) bond motifs is 1. The molecule has 0 saturated carbocycles. The second-order valence-corrected chi connectivity index (χ2v) is 5.71. The van der Waals surface area contributed by atoms with Crippen molar-refractivity contribution >= 4 is 22.7 Å². The van der Waals surface area contributed by atoms with E-state index < -0.39 is 0 Å². The molecule has 1 atom stereocenters. The molecule has 0 aliphatic carbocycles. The topological polar surface area (TPSA) is 63.7 Å². The predicted octanol–water partition coefficient (Wildman–Crippen LogP) is 2.80. The minimum atomic E-state index is -0.272. The number of anilines is 1. The van der Waals surface area contributed by atoms with Crippen LogP contribution in [0.3, 0.4) is 0 Å². The third-order valence-electron chi connectivity index (χ3n) is 4.13. The molecule has 1 aromatic heterocycles. The van der Waals surface area contributed by atoms with E-state index in [1.165, 1.54) is 7.11 Å². The molecule has 2 aromatic rings. The average Bonchev–Trinajstić information content (AvgIpc) is 3.02. The van der Waals surface area contributed by atoms with Crippen LogP contribution >= 0.6 is 0 Å². The molecule has 1 amide bonds. The van der Waals surface area contributed by atoms with Crippen LogP contribution in [0.2, 0.25) is 0 Å². The normalized spacial score (nSPS) is 17.3. The van der Waals surface area contributed by atoms with Crippen molar-refractivity contribution < 1.29 is 14.3 Å². The number of benzene rings is 1. The van der Waals surface area contributed by atoms with Crippen LogP contribution in [0.25, 0.3) is 10.9 Å². The molecule has 6 nitrogen and oxygen atoms in total. The summed E-state index contributed by atoms with van der Waals surface area (Å²) >= 11 is 0. The number of nitrogens with one attached hydrogen (secondary N) is 1. The molecule has 122 valence electrons. The molecule has 1 aliphatic rings. The SMILES string of the molecule is COC(=O)N1CCC(Nc2cc(C)nc3c(OC)cccc23)C1. The van der Waals surface area contributed by atoms with E-state index in [-0.39, 0.29) is 12.1 Å². The van der Waals surface area contributed by atoms with E-state index in [9.17, 15) is 4.79 Å². The highest BCUT2D eigenvalue weighted by molar-refractivity contribution is 5.95. The lowest BCUT2D eigenvalue weighted by Crippen LogP contribution is -2.31. The quantitative estimate of drug-likeness (QED) is 0.943. The van der Waals surface area contributed by atoms with Gasteiger partial charge < -0.3 is 19.7 Å². The summed E-state index contributed by atoms with van der Waals surface area (Å²) in [5.41, 5.74) is 2.79. The second kappa shape index (κ2) is 6.32. The highest BCUT2D eigenvalue weighted by Gasteiger charge is 2.27. The summed E-state index contributed by atoms with van der Waals surface area (Å²) in [7, 11) is 3.06. The summed E-state index contributed by atoms with van der Waals surface area (Å²) < 4.78 is 10.2. The molecule has 1 N–H and O–H groups in total. The zero-order valence-corrected chi connectivity index (χ0v) is 13.6. The van der Waals surface area contributed by atoms with Crippen LogP contribution in [0.1, 0.15) is 12.1 Å². The highest BCUT2D eigenvalue weighted by atomic mass is 16.5. The van der Waals surface area contributed by atoms with Crippen molar-refractivity contribution in [1.29, 1.82) is 0 Å². The molecule has 1 saturated heterocycles. The van der Waals surface area contributed by atoms with E-state index in [2.05, 4.69) is 10.3 Å². The summed E-state index contributed by atoms with van der Waals surface area (Å²) in [6, 6.07) is 8.12. The lowest BCUT2D eigenvalue weighted by Gasteiger charge is -2.18. The van der Waals surface area contributed by atoms with Gasteiger partial charge >= 0.3 is 6.09 Å². The second-order valence-electron chi connectivity index (χ2n) is 5.71. The molecule has 6 heteroatoms. The number of aryl methyl sites for hydroxylation is 1. The van der Waals surface area contributed by atoms with Crippen LogP contribution in [-0.2, 0) is 4.74 Å². The lowest BCUT2D eigenvalue weighted by atomic mass is 10.1. The van der Waals surface area contributed by atoms with E-state index in [1.807, 2.05) is 31.2 Å². The van der Waals surface area contributed by atoms with Gasteiger partial charge in [-0.15, -0.1) is 0 Å². The lowest BCUT2D eigenvalue weighted by molar-refractivity contribution is 0.133. The van der Waals surface area contributed by atoms with Crippen LogP contribution < -0.4 is 10.1 Å². The van der Waals surface area contributed by atoms with Crippen molar-refractivity contribution in [3.63, 3.8) is 0 Å². The van der Waals surface area contributed by atoms with Crippen LogP contribution in [0.15, 0.2) is 24.3 Å². The fourth-order valence-corrected chi connectivity index (χ4v) is 3.03. The van der Waals surface area contributed by atoms with Gasteiger partial charge in [0.05, 0.1) is 14.2 Å². The molecule has 2 heterocycles. The van der Waals surface area contributed by atoms with Gasteiger partial charge in [-0.05, 0) is 25.5 Å². The smallest absolute Gasteiger partial charge is 0.409 e. The fourth-order valence-electron chi connectivity index (χ4n) is 3.03. The summed E-state index contributed by atoms with van der Waals surface area (Å²) in [5.74, 6) is 0.761. The molecule has 1 aromatic carbocycles. The Kier molecular flexibility index (Phi) is 4.23. The van der Waals surface area contributed by atoms with Gasteiger partial charge in [0.2, 0.25) is 0 Å². The van der Waals surface area contributed by atoms with Crippen LogP contribution in [0.4, 0.5) is 10.5 Å². The van der Waals surface area contributed by atoms with Gasteiger partial charge in [0.1, 0.15) is 11.3 Å². The van der Waals surface area contributed by atoms with Crippen molar-refractivity contribution in [1.82, 2.24) is 9.88 Å². The first-order chi connectivity index (χ1) is 11.1. The van der Waals surface area contributed by atoms with Gasteiger partial charge in [0, 0.05) is 35.9 Å². The zero-order chi connectivity index (χ0) is 16.4. The number of aromatic nitrogens is 1. The molecule has 1 fully saturated rings. The fraction of sp³-hybridized carbons (Fsp3) is 0.412. The minimum absolute atomic E-state index is 0.199. The molecule has 0 bridgehead atoms. The Morgan fingerprint density at radius 1 is 1.39 bits per heavy atom. The van der Waals surface area contributed by atoms with Crippen molar-refractivity contribution in [3.8, 4) is 5.75 Å². The van der Waals surface area contributed by atoms with E-state index >= 15 is 0 Å². The number of methoxy groups -OCH3 is 2. The predicted molar refractivity (Wildman–Crippen MR) is 89.0 cm³/mol. The van der Waals surface area contributed by atoms with Crippen LogP contribution in [0.5, 0.6) is 5.75 Å². The van der Waals surface area contributed by atoms with E-state index in [0.717, 1.165) is 34.5 Å². The molecule has 23 heavy (non-hydrogen) atoms. The van der Waals surface area contributed by atoms with E-state index in [1.54, 1.807) is 12.0 Å². The maximum atomic E-state index is 11.6. The van der Waals surface area contributed by atoms with Crippen molar-refractivity contribution in [3.05, 3.63) is 30.0 Å². The third-order valence-corrected chi connectivity index (χ3v) is 4.13. The molecule has 0 spiro atoms. The Balaban J connectivity index is 1.88. The van der Waals surface area contributed by atoms with Gasteiger partial charge in [0.25, 0.3) is 0 Å². The first-order valence-corrected chi connectivity index (χ1v) is 7.66. The Bertz CT molecular complexity index is 732. The Morgan fingerprint density at radius 2 is 2.22 bits per heavy atom. The number of ether oxygens (including phenoxy) is 2. The average molecular weight is 315 g/mol. The first-order valence-electron chi connectivity index (χ1n) is 7.66. The van der Waals surface area contributed by atoms with Crippen molar-refractivity contribution in [2.24, 2.45) is 0 Å². The number of pyridine rings is 1. The van der Waals surface area contributed by atoms with Gasteiger partial charge in [-0.2, -0.15) is 0 Å². The number of hydrogen-bond acceptors (Lipinski definition) is 5. The van der Waals surface area contributed by atoms with Crippen LogP contribution in [0, 0.1) is 6.92 Å². The Labute approximate surface area is 135 Å². The maximum Gasteiger partial charge on any atom is 0.409 e. The highest BCUT2D eigenvalue weighted by Crippen LogP contribution is 2.31. The van der Waals surface area contributed by atoms with Gasteiger partial charge in [-0.1, -0.05) is 12.1 Å². The minimum Gasteiger partial charge on any atom is -0.494 e.